The van der Waals surface area contributed by atoms with Crippen LogP contribution in [0.25, 0.3) is 0 Å². The van der Waals surface area contributed by atoms with Crippen molar-refractivity contribution in [2.75, 3.05) is 11.9 Å². The van der Waals surface area contributed by atoms with Crippen LogP contribution in [0.5, 0.6) is 5.75 Å². The van der Waals surface area contributed by atoms with E-state index in [1.54, 1.807) is 37.3 Å². The van der Waals surface area contributed by atoms with E-state index in [0.29, 0.717) is 16.5 Å². The monoisotopic (exact) mass is 378 g/mol. The molecule has 130 valence electrons. The third-order valence-electron chi connectivity index (χ3n) is 3.18. The summed E-state index contributed by atoms with van der Waals surface area (Å²) in [7, 11) is 0. The van der Waals surface area contributed by atoms with Gasteiger partial charge >= 0.3 is 5.97 Å². The third-order valence-corrected chi connectivity index (χ3v) is 3.70. The first-order valence-corrected chi connectivity index (χ1v) is 7.97. The summed E-state index contributed by atoms with van der Waals surface area (Å²) in [4.78, 5) is 22.9. The molecule has 0 atom stereocenters. The molecule has 0 aliphatic rings. The molecule has 0 radical (unpaired) electrons. The summed E-state index contributed by atoms with van der Waals surface area (Å²) in [6.45, 7) is 1.53. The number of aryl methyl sites for hydroxylation is 1. The van der Waals surface area contributed by atoms with Crippen LogP contribution in [0.2, 0.25) is 5.02 Å². The normalized spacial score (nSPS) is 10.0. The Morgan fingerprint density at radius 1 is 1.24 bits per heavy atom. The molecule has 2 aromatic carbocycles. The highest BCUT2D eigenvalue weighted by Crippen LogP contribution is 2.22. The van der Waals surface area contributed by atoms with E-state index in [-0.39, 0.29) is 17.3 Å². The third kappa shape index (κ3) is 5.44. The summed E-state index contributed by atoms with van der Waals surface area (Å²) in [6, 6.07) is 11.4. The second-order valence-corrected chi connectivity index (χ2v) is 5.87. The smallest absolute Gasteiger partial charge is 0.335 e. The molecule has 2 aromatic rings. The fourth-order valence-corrected chi connectivity index (χ4v) is 2.33. The van der Waals surface area contributed by atoms with Crippen LogP contribution in [-0.4, -0.2) is 28.7 Å². The molecule has 2 rings (SSSR count). The number of hydrogen-bond donors (Lipinski definition) is 3. The van der Waals surface area contributed by atoms with Crippen LogP contribution in [0, 0.1) is 6.92 Å². The Morgan fingerprint density at radius 2 is 1.96 bits per heavy atom. The Kier molecular flexibility index (Phi) is 6.32. The number of halogens is 1. The lowest BCUT2D eigenvalue weighted by Crippen LogP contribution is -2.37. The van der Waals surface area contributed by atoms with Gasteiger partial charge in [-0.2, -0.15) is 0 Å². The number of benzene rings is 2. The van der Waals surface area contributed by atoms with Crippen LogP contribution < -0.4 is 15.4 Å². The highest BCUT2D eigenvalue weighted by molar-refractivity contribution is 7.80. The standard InChI is InChI=1S/C17H15ClN2O4S/c1-10-6-7-11(16(22)23)8-13(10)19-17(25)20-15(21)9-24-14-5-3-2-4-12(14)18/h2-8H,9H2,1H3,(H,22,23)(H2,19,20,21,25). The van der Waals surface area contributed by atoms with Crippen molar-refractivity contribution >= 4 is 46.5 Å². The van der Waals surface area contributed by atoms with Crippen LogP contribution >= 0.6 is 23.8 Å². The number of amides is 1. The predicted molar refractivity (Wildman–Crippen MR) is 99.4 cm³/mol. The molecule has 0 saturated heterocycles. The molecule has 0 heterocycles. The van der Waals surface area contributed by atoms with E-state index in [2.05, 4.69) is 10.6 Å². The van der Waals surface area contributed by atoms with E-state index in [1.807, 2.05) is 0 Å². The molecule has 6 nitrogen and oxygen atoms in total. The van der Waals surface area contributed by atoms with Crippen molar-refractivity contribution in [3.05, 3.63) is 58.6 Å². The molecular formula is C17H15ClN2O4S. The van der Waals surface area contributed by atoms with Gasteiger partial charge in [-0.1, -0.05) is 29.8 Å². The van der Waals surface area contributed by atoms with Gasteiger partial charge in [0.15, 0.2) is 11.7 Å². The average Bonchev–Trinajstić information content (AvgIpc) is 2.55. The molecule has 0 aliphatic heterocycles. The second-order valence-electron chi connectivity index (χ2n) is 5.06. The summed E-state index contributed by atoms with van der Waals surface area (Å²) in [5.74, 6) is -1.13. The summed E-state index contributed by atoms with van der Waals surface area (Å²) in [6.07, 6.45) is 0. The lowest BCUT2D eigenvalue weighted by molar-refractivity contribution is -0.121. The Bertz CT molecular complexity index is 826. The van der Waals surface area contributed by atoms with Gasteiger partial charge in [0.25, 0.3) is 5.91 Å². The number of aromatic carboxylic acids is 1. The van der Waals surface area contributed by atoms with Gasteiger partial charge in [-0.25, -0.2) is 4.79 Å². The van der Waals surface area contributed by atoms with Crippen LogP contribution in [0.4, 0.5) is 5.69 Å². The summed E-state index contributed by atoms with van der Waals surface area (Å²) >= 11 is 11.0. The molecule has 0 unspecified atom stereocenters. The van der Waals surface area contributed by atoms with Crippen LogP contribution in [0.3, 0.4) is 0 Å². The number of thiocarbonyl (C=S) groups is 1. The first kappa shape index (κ1) is 18.7. The van der Waals surface area contributed by atoms with Gasteiger partial charge in [0.1, 0.15) is 5.75 Å². The molecule has 0 saturated carbocycles. The Morgan fingerprint density at radius 3 is 2.64 bits per heavy atom. The molecule has 1 amide bonds. The Hall–Kier alpha value is -2.64. The lowest BCUT2D eigenvalue weighted by Gasteiger charge is -2.13. The van der Waals surface area contributed by atoms with Gasteiger partial charge in [-0.15, -0.1) is 0 Å². The maximum atomic E-state index is 11.9. The van der Waals surface area contributed by atoms with Crippen molar-refractivity contribution in [3.63, 3.8) is 0 Å². The van der Waals surface area contributed by atoms with E-state index in [1.165, 1.54) is 12.1 Å². The number of rotatable bonds is 5. The maximum absolute atomic E-state index is 11.9. The van der Waals surface area contributed by atoms with Crippen LogP contribution in [0.15, 0.2) is 42.5 Å². The first-order chi connectivity index (χ1) is 11.9. The zero-order chi connectivity index (χ0) is 18.4. The highest BCUT2D eigenvalue weighted by Gasteiger charge is 2.10. The van der Waals surface area contributed by atoms with Crippen molar-refractivity contribution in [1.29, 1.82) is 0 Å². The molecule has 0 aliphatic carbocycles. The zero-order valence-electron chi connectivity index (χ0n) is 13.2. The molecular weight excluding hydrogens is 364 g/mol. The minimum atomic E-state index is -1.05. The summed E-state index contributed by atoms with van der Waals surface area (Å²) in [5, 5.41) is 14.7. The number of carboxylic acid groups (broad SMARTS) is 1. The number of nitrogens with one attached hydrogen (secondary N) is 2. The van der Waals surface area contributed by atoms with Gasteiger partial charge < -0.3 is 15.2 Å². The van der Waals surface area contributed by atoms with Gasteiger partial charge in [0.2, 0.25) is 0 Å². The predicted octanol–water partition coefficient (Wildman–Crippen LogP) is 3.24. The molecule has 0 spiro atoms. The second kappa shape index (κ2) is 8.46. The Balaban J connectivity index is 1.92. The molecule has 0 fully saturated rings. The van der Waals surface area contributed by atoms with E-state index < -0.39 is 11.9 Å². The van der Waals surface area contributed by atoms with Crippen molar-refractivity contribution in [1.82, 2.24) is 5.32 Å². The van der Waals surface area contributed by atoms with Crippen molar-refractivity contribution in [2.24, 2.45) is 0 Å². The van der Waals surface area contributed by atoms with E-state index >= 15 is 0 Å². The van der Waals surface area contributed by atoms with Gasteiger partial charge in [0.05, 0.1) is 10.6 Å². The zero-order valence-corrected chi connectivity index (χ0v) is 14.8. The number of carbonyl (C=O) groups is 2. The number of carboxylic acids is 1. The quantitative estimate of drug-likeness (QED) is 0.692. The fourth-order valence-electron chi connectivity index (χ4n) is 1.91. The van der Waals surface area contributed by atoms with E-state index in [0.717, 1.165) is 5.56 Å². The van der Waals surface area contributed by atoms with Crippen molar-refractivity contribution < 1.29 is 19.4 Å². The molecule has 8 heteroatoms. The Labute approximate surface area is 154 Å². The average molecular weight is 379 g/mol. The largest absolute Gasteiger partial charge is 0.482 e. The van der Waals surface area contributed by atoms with Crippen LogP contribution in [0.1, 0.15) is 15.9 Å². The minimum absolute atomic E-state index is 0.0402. The first-order valence-electron chi connectivity index (χ1n) is 7.19. The number of hydrogen-bond acceptors (Lipinski definition) is 4. The minimum Gasteiger partial charge on any atom is -0.482 e. The summed E-state index contributed by atoms with van der Waals surface area (Å²) < 4.78 is 5.31. The number of carbonyl (C=O) groups excluding carboxylic acids is 1. The summed E-state index contributed by atoms with van der Waals surface area (Å²) in [5.41, 5.74) is 1.40. The number of anilines is 1. The van der Waals surface area contributed by atoms with Crippen LogP contribution in [-0.2, 0) is 4.79 Å². The van der Waals surface area contributed by atoms with E-state index in [4.69, 9.17) is 33.7 Å². The number of ether oxygens (including phenoxy) is 1. The fraction of sp³-hybridized carbons (Fsp3) is 0.118. The molecule has 0 aromatic heterocycles. The SMILES string of the molecule is Cc1ccc(C(=O)O)cc1NC(=S)NC(=O)COc1ccccc1Cl. The molecule has 3 N–H and O–H groups in total. The topological polar surface area (TPSA) is 87.7 Å². The molecule has 25 heavy (non-hydrogen) atoms. The van der Waals surface area contributed by atoms with Crippen molar-refractivity contribution in [3.8, 4) is 5.75 Å². The van der Waals surface area contributed by atoms with Gasteiger partial charge in [0, 0.05) is 5.69 Å². The van der Waals surface area contributed by atoms with Crippen molar-refractivity contribution in [2.45, 2.75) is 6.92 Å². The van der Waals surface area contributed by atoms with Gasteiger partial charge in [-0.05, 0) is 49.0 Å². The maximum Gasteiger partial charge on any atom is 0.335 e. The highest BCUT2D eigenvalue weighted by atomic mass is 35.5. The van der Waals surface area contributed by atoms with Gasteiger partial charge in [-0.3, -0.25) is 10.1 Å². The van der Waals surface area contributed by atoms with E-state index in [9.17, 15) is 9.59 Å². The molecule has 0 bridgehead atoms. The number of para-hydroxylation sites is 1. The lowest BCUT2D eigenvalue weighted by atomic mass is 10.1.